The van der Waals surface area contributed by atoms with E-state index in [2.05, 4.69) is 9.47 Å². The van der Waals surface area contributed by atoms with Crippen LogP contribution in [0.5, 0.6) is 0 Å². The van der Waals surface area contributed by atoms with Crippen molar-refractivity contribution < 1.29 is 14.3 Å². The molecule has 5 heavy (non-hydrogen) atoms. The second kappa shape index (κ2) is 0.607. The highest BCUT2D eigenvalue weighted by molar-refractivity contribution is 5.62. The molecule has 1 rings (SSSR count). The van der Waals surface area contributed by atoms with Gasteiger partial charge in [0.05, 0.1) is 0 Å². The lowest BCUT2D eigenvalue weighted by atomic mass is 11.1. The van der Waals surface area contributed by atoms with Crippen LogP contribution in [0.1, 0.15) is 0 Å². The van der Waals surface area contributed by atoms with E-state index >= 15 is 0 Å². The van der Waals surface area contributed by atoms with Crippen LogP contribution in [0.4, 0.5) is 4.79 Å². The van der Waals surface area contributed by atoms with E-state index in [4.69, 9.17) is 0 Å². The van der Waals surface area contributed by atoms with Crippen LogP contribution < -0.4 is 0 Å². The lowest BCUT2D eigenvalue weighted by Crippen LogP contribution is -2.21. The monoisotopic (exact) mass is 74.0 g/mol. The minimum atomic E-state index is -0.565. The highest BCUT2D eigenvalue weighted by Gasteiger charge is 2.12. The first-order chi connectivity index (χ1) is 2.39. The first-order valence-corrected chi connectivity index (χ1v) is 1.19. The van der Waals surface area contributed by atoms with Crippen molar-refractivity contribution in [3.8, 4) is 0 Å². The van der Waals surface area contributed by atoms with Crippen LogP contribution in [0.15, 0.2) is 0 Å². The minimum Gasteiger partial charge on any atom is -0.396 e. The molecule has 1 aliphatic heterocycles. The molecule has 0 saturated carbocycles. The van der Waals surface area contributed by atoms with Gasteiger partial charge in [-0.2, -0.15) is 0 Å². The number of hydrogen-bond donors (Lipinski definition) is 0. The zero-order valence-corrected chi connectivity index (χ0v) is 2.43. The van der Waals surface area contributed by atoms with E-state index in [-0.39, 0.29) is 6.79 Å². The maximum Gasteiger partial charge on any atom is 0.514 e. The molecule has 0 aromatic rings. The van der Waals surface area contributed by atoms with E-state index in [1.165, 1.54) is 0 Å². The average molecular weight is 74.0 g/mol. The van der Waals surface area contributed by atoms with Crippen LogP contribution in [0.25, 0.3) is 0 Å². The van der Waals surface area contributed by atoms with Gasteiger partial charge in [-0.25, -0.2) is 4.79 Å². The van der Waals surface area contributed by atoms with Crippen LogP contribution in [0.2, 0.25) is 0 Å². The van der Waals surface area contributed by atoms with Crippen LogP contribution in [-0.4, -0.2) is 12.9 Å². The molecule has 0 aromatic carbocycles. The number of carbonyl (C=O) groups excluding carboxylic acids is 1. The van der Waals surface area contributed by atoms with Crippen molar-refractivity contribution in [3.63, 3.8) is 0 Å². The number of ether oxygens (including phenoxy) is 2. The number of hydrogen-bond acceptors (Lipinski definition) is 3. The molecule has 1 aliphatic rings. The predicted molar refractivity (Wildman–Crippen MR) is 12.4 cm³/mol. The Labute approximate surface area is 28.5 Å². The number of cyclic esters (lactones) is 2. The summed E-state index contributed by atoms with van der Waals surface area (Å²) in [7, 11) is 0. The Balaban J connectivity index is 2.32. The van der Waals surface area contributed by atoms with Gasteiger partial charge in [0, 0.05) is 0 Å². The Hall–Kier alpha value is -0.730. The largest absolute Gasteiger partial charge is 0.514 e. The van der Waals surface area contributed by atoms with Gasteiger partial charge >= 0.3 is 6.16 Å². The molecule has 0 atom stereocenters. The third-order valence-electron chi connectivity index (χ3n) is 0.354. The fraction of sp³-hybridized carbons (Fsp3) is 0.500. The molecule has 0 radical (unpaired) electrons. The highest BCUT2D eigenvalue weighted by Crippen LogP contribution is 1.94. The second-order valence-corrected chi connectivity index (χ2v) is 0.657. The zero-order chi connectivity index (χ0) is 3.70. The molecule has 0 bridgehead atoms. The van der Waals surface area contributed by atoms with Gasteiger partial charge in [0.1, 0.15) is 0 Å². The zero-order valence-electron chi connectivity index (χ0n) is 2.43. The quantitative estimate of drug-likeness (QED) is 0.382. The molecule has 0 unspecified atom stereocenters. The molecule has 28 valence electrons. The van der Waals surface area contributed by atoms with Crippen LogP contribution in [0, 0.1) is 0 Å². The van der Waals surface area contributed by atoms with Crippen LogP contribution in [0.3, 0.4) is 0 Å². The van der Waals surface area contributed by atoms with Gasteiger partial charge in [-0.1, -0.05) is 0 Å². The highest BCUT2D eigenvalue weighted by atomic mass is 16.9. The van der Waals surface area contributed by atoms with Gasteiger partial charge in [-0.15, -0.1) is 0 Å². The van der Waals surface area contributed by atoms with Gasteiger partial charge in [0.2, 0.25) is 6.79 Å². The summed E-state index contributed by atoms with van der Waals surface area (Å²) < 4.78 is 8.14. The van der Waals surface area contributed by atoms with E-state index in [1.54, 1.807) is 0 Å². The Bertz CT molecular complexity index is 51.9. The van der Waals surface area contributed by atoms with Gasteiger partial charge < -0.3 is 9.47 Å². The lowest BCUT2D eigenvalue weighted by molar-refractivity contribution is -0.102. The van der Waals surface area contributed by atoms with Crippen molar-refractivity contribution in [1.29, 1.82) is 0 Å². The van der Waals surface area contributed by atoms with E-state index in [1.807, 2.05) is 0 Å². The summed E-state index contributed by atoms with van der Waals surface area (Å²) in [6.07, 6.45) is -0.565. The summed E-state index contributed by atoms with van der Waals surface area (Å²) in [6, 6.07) is 0. The maximum atomic E-state index is 9.45. The van der Waals surface area contributed by atoms with Crippen molar-refractivity contribution in [2.45, 2.75) is 0 Å². The number of carbonyl (C=O) groups is 1. The molecule has 0 aromatic heterocycles. The molecule has 0 aliphatic carbocycles. The summed E-state index contributed by atoms with van der Waals surface area (Å²) in [6.45, 7) is 0.138. The molecule has 0 N–H and O–H groups in total. The number of rotatable bonds is 0. The summed E-state index contributed by atoms with van der Waals surface area (Å²) in [5, 5.41) is 0. The normalized spacial score (nSPS) is 18.8. The van der Waals surface area contributed by atoms with Gasteiger partial charge in [-0.05, 0) is 0 Å². The van der Waals surface area contributed by atoms with Crippen LogP contribution in [-0.2, 0) is 9.47 Å². The van der Waals surface area contributed by atoms with Crippen molar-refractivity contribution in [2.75, 3.05) is 6.79 Å². The van der Waals surface area contributed by atoms with Crippen molar-refractivity contribution in [1.82, 2.24) is 0 Å². The first-order valence-electron chi connectivity index (χ1n) is 1.19. The summed E-state index contributed by atoms with van der Waals surface area (Å²) in [4.78, 5) is 9.45. The maximum absolute atomic E-state index is 9.45. The average Bonchev–Trinajstić information content (AvgIpc) is 1.30. The lowest BCUT2D eigenvalue weighted by Gasteiger charge is -2.10. The van der Waals surface area contributed by atoms with Crippen molar-refractivity contribution >= 4 is 6.16 Å². The standard InChI is InChI=1S/C2H2O3/c3-2-4-1-5-2/h1H2. The molecule has 3 nitrogen and oxygen atoms in total. The second-order valence-electron chi connectivity index (χ2n) is 0.657. The summed E-state index contributed by atoms with van der Waals surface area (Å²) >= 11 is 0. The Morgan fingerprint density at radius 3 is 2.00 bits per heavy atom. The Morgan fingerprint density at radius 1 is 1.60 bits per heavy atom. The topological polar surface area (TPSA) is 35.5 Å². The fourth-order valence-electron chi connectivity index (χ4n) is 0.107. The molecular formula is C2H2O3. The Morgan fingerprint density at radius 2 is 2.00 bits per heavy atom. The van der Waals surface area contributed by atoms with E-state index in [0.717, 1.165) is 0 Å². The first kappa shape index (κ1) is 2.50. The van der Waals surface area contributed by atoms with E-state index < -0.39 is 6.16 Å². The van der Waals surface area contributed by atoms with Crippen molar-refractivity contribution in [2.24, 2.45) is 0 Å². The molecular weight excluding hydrogens is 72.0 g/mol. The molecule has 1 fully saturated rings. The van der Waals surface area contributed by atoms with Gasteiger partial charge in [0.25, 0.3) is 0 Å². The smallest absolute Gasteiger partial charge is 0.396 e. The van der Waals surface area contributed by atoms with Gasteiger partial charge in [-0.3, -0.25) is 0 Å². The van der Waals surface area contributed by atoms with E-state index in [9.17, 15) is 4.79 Å². The molecule has 1 heterocycles. The van der Waals surface area contributed by atoms with Crippen LogP contribution >= 0.6 is 0 Å². The third-order valence-corrected chi connectivity index (χ3v) is 0.354. The molecule has 0 spiro atoms. The molecule has 0 amide bonds. The van der Waals surface area contributed by atoms with Gasteiger partial charge in [0.15, 0.2) is 0 Å². The molecule has 3 heteroatoms. The Kier molecular flexibility index (Phi) is 0.304. The predicted octanol–water partition coefficient (Wildman–Crippen LogP) is 0.111. The third kappa shape index (κ3) is 0.190. The summed E-state index contributed by atoms with van der Waals surface area (Å²) in [5.74, 6) is 0. The fourth-order valence-corrected chi connectivity index (χ4v) is 0.107. The van der Waals surface area contributed by atoms with Crippen molar-refractivity contribution in [3.05, 3.63) is 0 Å². The SMILES string of the molecule is O=C1OCO1. The van der Waals surface area contributed by atoms with E-state index in [0.29, 0.717) is 0 Å². The summed E-state index contributed by atoms with van der Waals surface area (Å²) in [5.41, 5.74) is 0. The minimum absolute atomic E-state index is 0.138. The molecule has 1 saturated heterocycles.